The van der Waals surface area contributed by atoms with Crippen LogP contribution in [0.1, 0.15) is 38.6 Å². The molecule has 20 heavy (non-hydrogen) atoms. The van der Waals surface area contributed by atoms with Crippen LogP contribution in [0.3, 0.4) is 0 Å². The number of nitrogens with one attached hydrogen (secondary N) is 1. The van der Waals surface area contributed by atoms with Crippen LogP contribution in [-0.4, -0.2) is 11.0 Å². The second kappa shape index (κ2) is 7.55. The van der Waals surface area contributed by atoms with Crippen LogP contribution < -0.4 is 5.32 Å². The monoisotopic (exact) mass is 288 g/mol. The third-order valence-corrected chi connectivity index (χ3v) is 4.80. The number of thiazole rings is 1. The molecule has 0 aliphatic carbocycles. The van der Waals surface area contributed by atoms with E-state index in [9.17, 15) is 0 Å². The molecule has 1 aromatic carbocycles. The Morgan fingerprint density at radius 3 is 2.50 bits per heavy atom. The van der Waals surface area contributed by atoms with Crippen molar-refractivity contribution in [1.82, 2.24) is 10.3 Å². The van der Waals surface area contributed by atoms with Gasteiger partial charge in [0, 0.05) is 23.5 Å². The zero-order valence-corrected chi connectivity index (χ0v) is 13.4. The molecule has 0 saturated carbocycles. The van der Waals surface area contributed by atoms with Crippen molar-refractivity contribution in [3.63, 3.8) is 0 Å². The van der Waals surface area contributed by atoms with Crippen LogP contribution in [0.2, 0.25) is 0 Å². The molecule has 0 bridgehead atoms. The van der Waals surface area contributed by atoms with Crippen molar-refractivity contribution in [1.29, 1.82) is 0 Å². The van der Waals surface area contributed by atoms with E-state index in [4.69, 9.17) is 4.98 Å². The molecule has 0 spiro atoms. The van der Waals surface area contributed by atoms with Crippen LogP contribution in [0.15, 0.2) is 35.7 Å². The first-order chi connectivity index (χ1) is 9.74. The summed E-state index contributed by atoms with van der Waals surface area (Å²) in [6, 6.07) is 10.9. The highest BCUT2D eigenvalue weighted by Gasteiger charge is 2.13. The van der Waals surface area contributed by atoms with E-state index in [0.29, 0.717) is 6.04 Å². The van der Waals surface area contributed by atoms with Gasteiger partial charge in [-0.15, -0.1) is 11.3 Å². The fourth-order valence-electron chi connectivity index (χ4n) is 2.54. The van der Waals surface area contributed by atoms with Crippen molar-refractivity contribution >= 4 is 11.3 Å². The van der Waals surface area contributed by atoms with Gasteiger partial charge in [-0.2, -0.15) is 0 Å². The molecule has 0 aliphatic heterocycles. The number of nitrogens with zero attached hydrogens (tertiary/aromatic N) is 1. The number of aromatic nitrogens is 1. The van der Waals surface area contributed by atoms with E-state index in [0.717, 1.165) is 18.2 Å². The van der Waals surface area contributed by atoms with Crippen LogP contribution in [-0.2, 0) is 6.54 Å². The van der Waals surface area contributed by atoms with Crippen molar-refractivity contribution in [3.05, 3.63) is 40.7 Å². The first kappa shape index (κ1) is 15.2. The predicted molar refractivity (Wildman–Crippen MR) is 87.9 cm³/mol. The lowest BCUT2D eigenvalue weighted by Crippen LogP contribution is -2.32. The first-order valence-corrected chi connectivity index (χ1v) is 8.35. The highest BCUT2D eigenvalue weighted by atomic mass is 32.1. The second-order valence-electron chi connectivity index (χ2n) is 5.24. The molecule has 3 heteroatoms. The van der Waals surface area contributed by atoms with Gasteiger partial charge in [0.05, 0.1) is 5.69 Å². The Bertz CT molecular complexity index is 503. The minimum absolute atomic E-state index is 0.550. The van der Waals surface area contributed by atoms with Crippen molar-refractivity contribution in [2.45, 2.75) is 46.2 Å². The maximum atomic E-state index is 4.72. The Hall–Kier alpha value is -1.19. The molecule has 0 fully saturated rings. The van der Waals surface area contributed by atoms with Gasteiger partial charge in [-0.1, -0.05) is 57.0 Å². The van der Waals surface area contributed by atoms with E-state index in [2.05, 4.69) is 55.7 Å². The van der Waals surface area contributed by atoms with Gasteiger partial charge in [0.1, 0.15) is 5.01 Å². The lowest BCUT2D eigenvalue weighted by Gasteiger charge is -2.21. The molecule has 1 N–H and O–H groups in total. The number of hydrogen-bond donors (Lipinski definition) is 1. The van der Waals surface area contributed by atoms with Crippen LogP contribution >= 0.6 is 11.3 Å². The summed E-state index contributed by atoms with van der Waals surface area (Å²) in [7, 11) is 0. The number of benzene rings is 1. The molecule has 0 saturated heterocycles. The molecule has 2 nitrogen and oxygen atoms in total. The average molecular weight is 288 g/mol. The van der Waals surface area contributed by atoms with Gasteiger partial charge in [0.2, 0.25) is 0 Å². The van der Waals surface area contributed by atoms with Gasteiger partial charge in [0.15, 0.2) is 0 Å². The largest absolute Gasteiger partial charge is 0.308 e. The SMILES string of the molecule is CCC(CC)C(C)NCc1nc(-c2ccccc2)cs1. The van der Waals surface area contributed by atoms with E-state index < -0.39 is 0 Å². The van der Waals surface area contributed by atoms with E-state index in [1.807, 2.05) is 6.07 Å². The van der Waals surface area contributed by atoms with Crippen molar-refractivity contribution in [3.8, 4) is 11.3 Å². The third-order valence-electron chi connectivity index (χ3n) is 3.95. The highest BCUT2D eigenvalue weighted by molar-refractivity contribution is 7.09. The van der Waals surface area contributed by atoms with Gasteiger partial charge >= 0.3 is 0 Å². The third kappa shape index (κ3) is 3.90. The summed E-state index contributed by atoms with van der Waals surface area (Å²) in [6.07, 6.45) is 2.47. The number of hydrogen-bond acceptors (Lipinski definition) is 3. The molecule has 0 aliphatic rings. The van der Waals surface area contributed by atoms with E-state index in [-0.39, 0.29) is 0 Å². The maximum Gasteiger partial charge on any atom is 0.107 e. The molecule has 0 amide bonds. The summed E-state index contributed by atoms with van der Waals surface area (Å²) in [6.45, 7) is 7.69. The minimum Gasteiger partial charge on any atom is -0.308 e. The Kier molecular flexibility index (Phi) is 5.74. The molecule has 1 atom stereocenters. The zero-order valence-electron chi connectivity index (χ0n) is 12.6. The van der Waals surface area contributed by atoms with Crippen molar-refractivity contribution in [2.24, 2.45) is 5.92 Å². The fourth-order valence-corrected chi connectivity index (χ4v) is 3.30. The Balaban J connectivity index is 1.94. The topological polar surface area (TPSA) is 24.9 Å². The van der Waals surface area contributed by atoms with Gasteiger partial charge in [-0.05, 0) is 12.8 Å². The lowest BCUT2D eigenvalue weighted by molar-refractivity contribution is 0.353. The normalized spacial score (nSPS) is 12.8. The van der Waals surface area contributed by atoms with E-state index in [1.54, 1.807) is 11.3 Å². The molecule has 0 radical (unpaired) electrons. The summed E-state index contributed by atoms with van der Waals surface area (Å²) in [5.41, 5.74) is 2.28. The molecular formula is C17H24N2S. The first-order valence-electron chi connectivity index (χ1n) is 7.47. The Morgan fingerprint density at radius 1 is 1.15 bits per heavy atom. The van der Waals surface area contributed by atoms with E-state index in [1.165, 1.54) is 23.4 Å². The van der Waals surface area contributed by atoms with Gasteiger partial charge < -0.3 is 5.32 Å². The van der Waals surface area contributed by atoms with Crippen LogP contribution in [0.4, 0.5) is 0 Å². The molecule has 108 valence electrons. The molecule has 1 heterocycles. The summed E-state index contributed by atoms with van der Waals surface area (Å²) < 4.78 is 0. The average Bonchev–Trinajstić information content (AvgIpc) is 2.96. The molecular weight excluding hydrogens is 264 g/mol. The quantitative estimate of drug-likeness (QED) is 0.797. The summed E-state index contributed by atoms with van der Waals surface area (Å²) >= 11 is 1.74. The zero-order chi connectivity index (χ0) is 14.4. The number of rotatable bonds is 7. The summed E-state index contributed by atoms with van der Waals surface area (Å²) in [4.78, 5) is 4.72. The molecule has 2 rings (SSSR count). The Labute approximate surface area is 126 Å². The fraction of sp³-hybridized carbons (Fsp3) is 0.471. The Morgan fingerprint density at radius 2 is 1.85 bits per heavy atom. The van der Waals surface area contributed by atoms with Gasteiger partial charge in [0.25, 0.3) is 0 Å². The predicted octanol–water partition coefficient (Wildman–Crippen LogP) is 4.72. The summed E-state index contributed by atoms with van der Waals surface area (Å²) in [5.74, 6) is 0.753. The maximum absolute atomic E-state index is 4.72. The minimum atomic E-state index is 0.550. The van der Waals surface area contributed by atoms with Crippen LogP contribution in [0.25, 0.3) is 11.3 Å². The van der Waals surface area contributed by atoms with Crippen LogP contribution in [0.5, 0.6) is 0 Å². The van der Waals surface area contributed by atoms with Crippen molar-refractivity contribution < 1.29 is 0 Å². The second-order valence-corrected chi connectivity index (χ2v) is 6.18. The molecule has 2 aromatic rings. The highest BCUT2D eigenvalue weighted by Crippen LogP contribution is 2.22. The van der Waals surface area contributed by atoms with Gasteiger partial charge in [-0.3, -0.25) is 0 Å². The summed E-state index contributed by atoms with van der Waals surface area (Å²) in [5, 5.41) is 6.93. The van der Waals surface area contributed by atoms with Crippen molar-refractivity contribution in [2.75, 3.05) is 0 Å². The molecule has 1 aromatic heterocycles. The van der Waals surface area contributed by atoms with Gasteiger partial charge in [-0.25, -0.2) is 4.98 Å². The van der Waals surface area contributed by atoms with E-state index >= 15 is 0 Å². The van der Waals surface area contributed by atoms with Crippen LogP contribution in [0, 0.1) is 5.92 Å². The molecule has 1 unspecified atom stereocenters. The lowest BCUT2D eigenvalue weighted by atomic mass is 9.96. The smallest absolute Gasteiger partial charge is 0.107 e. The standard InChI is InChI=1S/C17H24N2S/c1-4-14(5-2)13(3)18-11-17-19-16(12-20-17)15-9-7-6-8-10-15/h6-10,12-14,18H,4-5,11H2,1-3H3.